The van der Waals surface area contributed by atoms with Crippen molar-refractivity contribution in [2.75, 3.05) is 0 Å². The molecule has 2 heterocycles. The SMILES string of the molecule is Cn1ccc(CCn2c(=S)[nH]c3cc(F)c(Cl)cc32)n1. The predicted molar refractivity (Wildman–Crippen MR) is 79.0 cm³/mol. The molecule has 1 aromatic carbocycles. The van der Waals surface area contributed by atoms with Crippen LogP contribution in [0.1, 0.15) is 5.69 Å². The highest BCUT2D eigenvalue weighted by atomic mass is 35.5. The van der Waals surface area contributed by atoms with Crippen molar-refractivity contribution in [1.82, 2.24) is 19.3 Å². The summed E-state index contributed by atoms with van der Waals surface area (Å²) < 4.78 is 17.7. The normalized spacial score (nSPS) is 11.3. The van der Waals surface area contributed by atoms with Crippen LogP contribution < -0.4 is 0 Å². The van der Waals surface area contributed by atoms with Gasteiger partial charge in [-0.2, -0.15) is 5.10 Å². The van der Waals surface area contributed by atoms with E-state index in [2.05, 4.69) is 10.1 Å². The van der Waals surface area contributed by atoms with Crippen molar-refractivity contribution in [1.29, 1.82) is 0 Å². The van der Waals surface area contributed by atoms with Gasteiger partial charge in [0.05, 0.1) is 21.7 Å². The highest BCUT2D eigenvalue weighted by Crippen LogP contribution is 2.23. The van der Waals surface area contributed by atoms with E-state index in [9.17, 15) is 4.39 Å². The number of H-pyrrole nitrogens is 1. The molecular weight excluding hydrogens is 299 g/mol. The Morgan fingerprint density at radius 2 is 2.25 bits per heavy atom. The van der Waals surface area contributed by atoms with Crippen molar-refractivity contribution < 1.29 is 4.39 Å². The maximum absolute atomic E-state index is 13.4. The van der Waals surface area contributed by atoms with Crippen molar-refractivity contribution in [3.8, 4) is 0 Å². The molecule has 104 valence electrons. The first-order valence-electron chi connectivity index (χ1n) is 6.10. The largest absolute Gasteiger partial charge is 0.330 e. The highest BCUT2D eigenvalue weighted by Gasteiger charge is 2.09. The first kappa shape index (κ1) is 13.3. The molecule has 1 N–H and O–H groups in total. The maximum Gasteiger partial charge on any atom is 0.178 e. The van der Waals surface area contributed by atoms with Gasteiger partial charge in [-0.3, -0.25) is 4.68 Å². The summed E-state index contributed by atoms with van der Waals surface area (Å²) in [5.74, 6) is -0.452. The summed E-state index contributed by atoms with van der Waals surface area (Å²) in [5.41, 5.74) is 2.44. The molecule has 4 nitrogen and oxygen atoms in total. The van der Waals surface area contributed by atoms with Crippen LogP contribution in [0.15, 0.2) is 24.4 Å². The Balaban J connectivity index is 1.96. The van der Waals surface area contributed by atoms with Crippen LogP contribution in [-0.4, -0.2) is 19.3 Å². The van der Waals surface area contributed by atoms with Crippen LogP contribution >= 0.6 is 23.8 Å². The van der Waals surface area contributed by atoms with Crippen LogP contribution in [0, 0.1) is 10.6 Å². The number of rotatable bonds is 3. The van der Waals surface area contributed by atoms with E-state index in [0.29, 0.717) is 16.8 Å². The number of hydrogen-bond donors (Lipinski definition) is 1. The first-order chi connectivity index (χ1) is 9.54. The van der Waals surface area contributed by atoms with E-state index in [1.165, 1.54) is 6.07 Å². The van der Waals surface area contributed by atoms with Gasteiger partial charge in [0, 0.05) is 32.3 Å². The number of benzene rings is 1. The number of hydrogen-bond acceptors (Lipinski definition) is 2. The number of aromatic amines is 1. The van der Waals surface area contributed by atoms with E-state index >= 15 is 0 Å². The second-order valence-corrected chi connectivity index (χ2v) is 5.39. The number of aryl methyl sites for hydroxylation is 3. The molecule has 0 saturated heterocycles. The summed E-state index contributed by atoms with van der Waals surface area (Å²) in [4.78, 5) is 2.99. The monoisotopic (exact) mass is 310 g/mol. The lowest BCUT2D eigenvalue weighted by Gasteiger charge is -2.03. The van der Waals surface area contributed by atoms with E-state index < -0.39 is 5.82 Å². The maximum atomic E-state index is 13.4. The van der Waals surface area contributed by atoms with Gasteiger partial charge in [-0.05, 0) is 24.4 Å². The second kappa shape index (κ2) is 5.03. The van der Waals surface area contributed by atoms with Crippen LogP contribution in [0.4, 0.5) is 4.39 Å². The molecule has 3 rings (SSSR count). The molecule has 0 fully saturated rings. The van der Waals surface area contributed by atoms with Gasteiger partial charge in [0.25, 0.3) is 0 Å². The number of imidazole rings is 1. The molecule has 0 aliphatic carbocycles. The fraction of sp³-hybridized carbons (Fsp3) is 0.231. The Morgan fingerprint density at radius 3 is 2.95 bits per heavy atom. The molecule has 20 heavy (non-hydrogen) atoms. The van der Waals surface area contributed by atoms with Gasteiger partial charge in [0.2, 0.25) is 0 Å². The van der Waals surface area contributed by atoms with Crippen molar-refractivity contribution in [2.45, 2.75) is 13.0 Å². The average Bonchev–Trinajstić information content (AvgIpc) is 2.92. The highest BCUT2D eigenvalue weighted by molar-refractivity contribution is 7.71. The molecule has 0 aliphatic rings. The van der Waals surface area contributed by atoms with Crippen LogP contribution in [0.25, 0.3) is 11.0 Å². The molecule has 0 atom stereocenters. The van der Waals surface area contributed by atoms with Crippen LogP contribution in [0.5, 0.6) is 0 Å². The Bertz CT molecular complexity index is 833. The van der Waals surface area contributed by atoms with Crippen molar-refractivity contribution >= 4 is 34.9 Å². The summed E-state index contributed by atoms with van der Waals surface area (Å²) in [6.45, 7) is 0.664. The average molecular weight is 311 g/mol. The van der Waals surface area contributed by atoms with Crippen molar-refractivity contribution in [3.05, 3.63) is 45.7 Å². The predicted octanol–water partition coefficient (Wildman–Crippen LogP) is 3.47. The van der Waals surface area contributed by atoms with Gasteiger partial charge in [0.1, 0.15) is 5.82 Å². The number of nitrogens with zero attached hydrogens (tertiary/aromatic N) is 3. The Hall–Kier alpha value is -1.66. The van der Waals surface area contributed by atoms with E-state index in [4.69, 9.17) is 23.8 Å². The molecule has 3 aromatic rings. The minimum absolute atomic E-state index is 0.0955. The van der Waals surface area contributed by atoms with Crippen molar-refractivity contribution in [2.24, 2.45) is 7.05 Å². The zero-order valence-electron chi connectivity index (χ0n) is 10.7. The Morgan fingerprint density at radius 1 is 1.45 bits per heavy atom. The third-order valence-corrected chi connectivity index (χ3v) is 3.79. The summed E-state index contributed by atoms with van der Waals surface area (Å²) in [6, 6.07) is 4.92. The standard InChI is InChI=1S/C13H12ClFN4S/c1-18-4-2-8(17-18)3-5-19-12-6-9(14)10(15)7-11(12)16-13(19)20/h2,4,6-7H,3,5H2,1H3,(H,16,20). The number of halogens is 2. The molecule has 0 unspecified atom stereocenters. The van der Waals surface area contributed by atoms with Gasteiger partial charge in [-0.25, -0.2) is 4.39 Å². The summed E-state index contributed by atoms with van der Waals surface area (Å²) in [6.07, 6.45) is 2.65. The Labute approximate surface area is 124 Å². The Kier molecular flexibility index (Phi) is 3.35. The van der Waals surface area contributed by atoms with Gasteiger partial charge in [-0.1, -0.05) is 11.6 Å². The molecule has 0 radical (unpaired) electrons. The van der Waals surface area contributed by atoms with E-state index in [0.717, 1.165) is 17.6 Å². The number of nitrogens with one attached hydrogen (secondary N) is 1. The third-order valence-electron chi connectivity index (χ3n) is 3.18. The van der Waals surface area contributed by atoms with Gasteiger partial charge < -0.3 is 9.55 Å². The minimum atomic E-state index is -0.452. The fourth-order valence-corrected chi connectivity index (χ4v) is 2.65. The second-order valence-electron chi connectivity index (χ2n) is 4.60. The smallest absolute Gasteiger partial charge is 0.178 e. The van der Waals surface area contributed by atoms with Crippen LogP contribution in [0.2, 0.25) is 5.02 Å². The van der Waals surface area contributed by atoms with Crippen LogP contribution in [0.3, 0.4) is 0 Å². The summed E-state index contributed by atoms with van der Waals surface area (Å²) >= 11 is 11.1. The zero-order chi connectivity index (χ0) is 14.3. The lowest BCUT2D eigenvalue weighted by atomic mass is 10.3. The molecule has 7 heteroatoms. The van der Waals surface area contributed by atoms with Gasteiger partial charge in [-0.15, -0.1) is 0 Å². The lowest BCUT2D eigenvalue weighted by Crippen LogP contribution is -2.02. The minimum Gasteiger partial charge on any atom is -0.330 e. The number of aromatic nitrogens is 4. The first-order valence-corrected chi connectivity index (χ1v) is 6.89. The van der Waals surface area contributed by atoms with E-state index in [1.54, 1.807) is 10.7 Å². The van der Waals surface area contributed by atoms with Crippen molar-refractivity contribution in [3.63, 3.8) is 0 Å². The molecule has 0 saturated carbocycles. The van der Waals surface area contributed by atoms with Gasteiger partial charge >= 0.3 is 0 Å². The third kappa shape index (κ3) is 2.36. The van der Waals surface area contributed by atoms with E-state index in [-0.39, 0.29) is 5.02 Å². The van der Waals surface area contributed by atoms with Crippen LogP contribution in [-0.2, 0) is 20.0 Å². The fourth-order valence-electron chi connectivity index (χ4n) is 2.20. The topological polar surface area (TPSA) is 38.5 Å². The summed E-state index contributed by atoms with van der Waals surface area (Å²) in [5, 5.41) is 4.42. The molecule has 0 bridgehead atoms. The molecular formula is C13H12ClFN4S. The quantitative estimate of drug-likeness (QED) is 0.752. The molecule has 0 amide bonds. The van der Waals surface area contributed by atoms with E-state index in [1.807, 2.05) is 23.9 Å². The number of fused-ring (bicyclic) bond motifs is 1. The zero-order valence-corrected chi connectivity index (χ0v) is 12.3. The molecule has 0 aliphatic heterocycles. The molecule has 0 spiro atoms. The molecule has 2 aromatic heterocycles. The lowest BCUT2D eigenvalue weighted by molar-refractivity contribution is 0.629. The summed E-state index contributed by atoms with van der Waals surface area (Å²) in [7, 11) is 1.88. The van der Waals surface area contributed by atoms with Gasteiger partial charge in [0.15, 0.2) is 4.77 Å².